The molecule has 2 aliphatic heterocycles. The predicted molar refractivity (Wildman–Crippen MR) is 198 cm³/mol. The zero-order chi connectivity index (χ0) is 35.5. The summed E-state index contributed by atoms with van der Waals surface area (Å²) in [6.45, 7) is 2.09. The smallest absolute Gasteiger partial charge is 0.262 e. The van der Waals surface area contributed by atoms with E-state index in [1.807, 2.05) is 54.6 Å². The zero-order valence-electron chi connectivity index (χ0n) is 28.0. The van der Waals surface area contributed by atoms with Gasteiger partial charge in [-0.25, -0.2) is 4.98 Å². The Bertz CT molecular complexity index is 2190. The summed E-state index contributed by atoms with van der Waals surface area (Å²) in [7, 11) is 1.61. The first-order valence-electron chi connectivity index (χ1n) is 16.9. The number of rotatable bonds is 12. The van der Waals surface area contributed by atoms with Crippen LogP contribution in [0.1, 0.15) is 36.9 Å². The van der Waals surface area contributed by atoms with Gasteiger partial charge in [0.05, 0.1) is 22.8 Å². The molecule has 5 heterocycles. The number of amides is 2. The summed E-state index contributed by atoms with van der Waals surface area (Å²) in [5.74, 6) is 0.778. The topological polar surface area (TPSA) is 139 Å². The molecule has 7 rings (SSSR count). The molecule has 11 nitrogen and oxygen atoms in total. The van der Waals surface area contributed by atoms with Gasteiger partial charge in [0.1, 0.15) is 11.4 Å². The summed E-state index contributed by atoms with van der Waals surface area (Å²) >= 11 is 14.2. The second kappa shape index (κ2) is 15.2. The van der Waals surface area contributed by atoms with Gasteiger partial charge >= 0.3 is 0 Å². The van der Waals surface area contributed by atoms with Gasteiger partial charge in [-0.1, -0.05) is 59.6 Å². The van der Waals surface area contributed by atoms with Crippen molar-refractivity contribution in [3.8, 4) is 39.1 Å². The Labute approximate surface area is 304 Å². The molecule has 13 heteroatoms. The van der Waals surface area contributed by atoms with Crippen LogP contribution >= 0.6 is 23.2 Å². The van der Waals surface area contributed by atoms with Crippen LogP contribution in [0, 0.1) is 0 Å². The third kappa shape index (κ3) is 7.48. The number of hydrogen-bond acceptors (Lipinski definition) is 8. The van der Waals surface area contributed by atoms with Gasteiger partial charge in [0, 0.05) is 103 Å². The number of aromatic nitrogens is 3. The molecule has 0 aliphatic carbocycles. The fourth-order valence-corrected chi connectivity index (χ4v) is 7.34. The van der Waals surface area contributed by atoms with E-state index >= 15 is 0 Å². The number of nitrogens with one attached hydrogen (secondary N) is 4. The molecule has 2 saturated heterocycles. The van der Waals surface area contributed by atoms with Gasteiger partial charge in [-0.3, -0.25) is 23.8 Å². The van der Waals surface area contributed by atoms with Crippen molar-refractivity contribution >= 4 is 40.7 Å². The van der Waals surface area contributed by atoms with Crippen LogP contribution in [0.5, 0.6) is 5.75 Å². The fraction of sp³-hybridized carbons (Fsp3) is 0.289. The van der Waals surface area contributed by atoms with Crippen LogP contribution in [0.25, 0.3) is 39.0 Å². The second-order valence-electron chi connectivity index (χ2n) is 12.8. The monoisotopic (exact) mass is 725 g/mol. The number of ether oxygens (including phenoxy) is 1. The van der Waals surface area contributed by atoms with Crippen molar-refractivity contribution in [3.05, 3.63) is 105 Å². The molecule has 2 amide bonds. The number of benzene rings is 2. The molecule has 4 N–H and O–H groups in total. The Balaban J connectivity index is 1.10. The molecule has 0 spiro atoms. The maximum atomic E-state index is 13.3. The molecule has 2 atom stereocenters. The van der Waals surface area contributed by atoms with Crippen LogP contribution in [0.2, 0.25) is 10.0 Å². The molecule has 0 bridgehead atoms. The van der Waals surface area contributed by atoms with Crippen LogP contribution in [-0.4, -0.2) is 58.5 Å². The van der Waals surface area contributed by atoms with Gasteiger partial charge in [0.15, 0.2) is 0 Å². The highest BCUT2D eigenvalue weighted by molar-refractivity contribution is 6.39. The molecule has 2 aromatic carbocycles. The van der Waals surface area contributed by atoms with Crippen LogP contribution in [0.4, 0.5) is 0 Å². The van der Waals surface area contributed by atoms with E-state index in [4.69, 9.17) is 27.9 Å². The van der Waals surface area contributed by atoms with Crippen molar-refractivity contribution in [2.45, 2.75) is 50.9 Å². The molecule has 51 heavy (non-hydrogen) atoms. The van der Waals surface area contributed by atoms with Crippen molar-refractivity contribution in [2.75, 3.05) is 20.2 Å². The van der Waals surface area contributed by atoms with E-state index in [2.05, 4.69) is 31.2 Å². The van der Waals surface area contributed by atoms with Crippen LogP contribution in [0.3, 0.4) is 0 Å². The van der Waals surface area contributed by atoms with Crippen molar-refractivity contribution < 1.29 is 14.3 Å². The minimum Gasteiger partial charge on any atom is -0.495 e. The van der Waals surface area contributed by atoms with Crippen LogP contribution < -0.4 is 31.6 Å². The molecule has 0 radical (unpaired) electrons. The molecular formula is C38H37Cl2N7O4. The number of nitrogens with zero attached hydrogens (tertiary/aromatic N) is 3. The molecule has 2 fully saturated rings. The standard InChI is InChI=1S/C38H37Cl2N7O4/c1-51-32-14-23(17-43-31(32)21-42-20-26-9-11-35(49)46-26)28-5-3-7-30(37(28)40)29-6-2-4-27(36(29)39)22-12-13-47-33(15-22)44-18-24(38(47)50)16-41-19-25-8-10-34(48)45-25/h2-7,12-15,17-18,25-26,41-42H,8-11,16,19-21H2,1H3,(H,45,48)(H,46,49)/t25-,26-/m1/s1. The van der Waals surface area contributed by atoms with Crippen LogP contribution in [-0.2, 0) is 22.7 Å². The van der Waals surface area contributed by atoms with E-state index in [1.165, 1.54) is 4.40 Å². The minimum atomic E-state index is -0.160. The average molecular weight is 727 g/mol. The number of carbonyl (C=O) groups is 2. The average Bonchev–Trinajstić information content (AvgIpc) is 3.76. The molecule has 262 valence electrons. The molecule has 2 aliphatic rings. The first-order valence-corrected chi connectivity index (χ1v) is 17.7. The Morgan fingerprint density at radius 3 is 2.00 bits per heavy atom. The lowest BCUT2D eigenvalue weighted by Gasteiger charge is -2.16. The first kappa shape index (κ1) is 34.6. The van der Waals surface area contributed by atoms with Crippen LogP contribution in [0.15, 0.2) is 78.0 Å². The minimum absolute atomic E-state index is 0.0609. The first-order chi connectivity index (χ1) is 24.8. The summed E-state index contributed by atoms with van der Waals surface area (Å²) in [4.78, 5) is 45.5. The Morgan fingerprint density at radius 1 is 0.784 bits per heavy atom. The molecular weight excluding hydrogens is 689 g/mol. The molecule has 3 aromatic heterocycles. The largest absolute Gasteiger partial charge is 0.495 e. The lowest BCUT2D eigenvalue weighted by atomic mass is 9.96. The third-order valence-corrected chi connectivity index (χ3v) is 10.2. The zero-order valence-corrected chi connectivity index (χ0v) is 29.5. The van der Waals surface area contributed by atoms with E-state index in [1.54, 1.807) is 25.7 Å². The molecule has 0 unspecified atom stereocenters. The predicted octanol–water partition coefficient (Wildman–Crippen LogP) is 5.14. The van der Waals surface area contributed by atoms with Gasteiger partial charge in [-0.2, -0.15) is 0 Å². The van der Waals surface area contributed by atoms with Gasteiger partial charge in [0.25, 0.3) is 5.56 Å². The Kier molecular flexibility index (Phi) is 10.3. The highest BCUT2D eigenvalue weighted by Crippen LogP contribution is 2.42. The van der Waals surface area contributed by atoms with Gasteiger partial charge in [-0.05, 0) is 36.6 Å². The number of pyridine rings is 2. The maximum absolute atomic E-state index is 13.3. The highest BCUT2D eigenvalue weighted by Gasteiger charge is 2.22. The lowest BCUT2D eigenvalue weighted by Crippen LogP contribution is -2.36. The fourth-order valence-electron chi connectivity index (χ4n) is 6.66. The van der Waals surface area contributed by atoms with Crippen molar-refractivity contribution in [1.29, 1.82) is 0 Å². The van der Waals surface area contributed by atoms with E-state index in [9.17, 15) is 14.4 Å². The summed E-state index contributed by atoms with van der Waals surface area (Å²) in [5.41, 5.74) is 6.29. The van der Waals surface area contributed by atoms with Crippen molar-refractivity contribution in [1.82, 2.24) is 35.6 Å². The third-order valence-electron chi connectivity index (χ3n) is 9.40. The van der Waals surface area contributed by atoms with Crippen molar-refractivity contribution in [2.24, 2.45) is 0 Å². The summed E-state index contributed by atoms with van der Waals surface area (Å²) in [6, 6.07) is 17.4. The van der Waals surface area contributed by atoms with E-state index in [-0.39, 0.29) is 29.5 Å². The summed E-state index contributed by atoms with van der Waals surface area (Å²) < 4.78 is 7.21. The Hall–Kier alpha value is -4.81. The van der Waals surface area contributed by atoms with Gasteiger partial charge in [-0.15, -0.1) is 0 Å². The quantitative estimate of drug-likeness (QED) is 0.139. The van der Waals surface area contributed by atoms with Gasteiger partial charge < -0.3 is 26.0 Å². The maximum Gasteiger partial charge on any atom is 0.262 e. The lowest BCUT2D eigenvalue weighted by molar-refractivity contribution is -0.120. The summed E-state index contributed by atoms with van der Waals surface area (Å²) in [5, 5.41) is 13.5. The van der Waals surface area contributed by atoms with Crippen molar-refractivity contribution in [3.63, 3.8) is 0 Å². The summed E-state index contributed by atoms with van der Waals surface area (Å²) in [6.07, 6.45) is 7.79. The molecule has 5 aromatic rings. The SMILES string of the molecule is COc1cc(-c2cccc(-c3cccc(-c4ccn5c(=O)c(CNC[C@H]6CCC(=O)N6)cnc5c4)c3Cl)c2Cl)cnc1CNC[C@H]1CCC(=O)N1. The van der Waals surface area contributed by atoms with E-state index < -0.39 is 0 Å². The molecule has 0 saturated carbocycles. The van der Waals surface area contributed by atoms with E-state index in [0.29, 0.717) is 66.0 Å². The number of fused-ring (bicyclic) bond motifs is 1. The highest BCUT2D eigenvalue weighted by atomic mass is 35.5. The number of hydrogen-bond donors (Lipinski definition) is 4. The number of halogens is 2. The van der Waals surface area contributed by atoms with E-state index in [0.717, 1.165) is 51.9 Å². The Morgan fingerprint density at radius 2 is 1.39 bits per heavy atom. The van der Waals surface area contributed by atoms with Gasteiger partial charge in [0.2, 0.25) is 11.8 Å². The normalized spacial score (nSPS) is 17.2. The number of carbonyl (C=O) groups excluding carboxylic acids is 2. The number of methoxy groups -OCH3 is 1. The second-order valence-corrected chi connectivity index (χ2v) is 13.6.